The number of hydrogen-bond acceptors (Lipinski definition) is 4. The zero-order chi connectivity index (χ0) is 19.1. The number of hydrogen-bond donors (Lipinski definition) is 2. The molecule has 0 bridgehead atoms. The number of ether oxygens (including phenoxy) is 1. The molecule has 0 radical (unpaired) electrons. The first-order valence-electron chi connectivity index (χ1n) is 9.75. The summed E-state index contributed by atoms with van der Waals surface area (Å²) in [7, 11) is 0. The van der Waals surface area contributed by atoms with Crippen LogP contribution in [-0.2, 0) is 4.79 Å². The van der Waals surface area contributed by atoms with Crippen molar-refractivity contribution in [2.24, 2.45) is 5.92 Å². The molecule has 1 fully saturated rings. The summed E-state index contributed by atoms with van der Waals surface area (Å²) in [6.07, 6.45) is 2.51. The van der Waals surface area contributed by atoms with Crippen LogP contribution in [0.4, 0.5) is 17.1 Å². The van der Waals surface area contributed by atoms with E-state index in [0.29, 0.717) is 6.61 Å². The van der Waals surface area contributed by atoms with Crippen molar-refractivity contribution in [2.75, 3.05) is 41.8 Å². The van der Waals surface area contributed by atoms with Gasteiger partial charge < -0.3 is 20.3 Å². The van der Waals surface area contributed by atoms with E-state index in [1.54, 1.807) is 0 Å². The van der Waals surface area contributed by atoms with Crippen molar-refractivity contribution >= 4 is 23.0 Å². The highest BCUT2D eigenvalue weighted by atomic mass is 16.5. The number of nitrogens with zero attached hydrogens (tertiary/aromatic N) is 1. The molecule has 5 nitrogen and oxygen atoms in total. The molecule has 2 N–H and O–H groups in total. The Hall–Kier alpha value is -2.69. The Labute approximate surface area is 161 Å². The van der Waals surface area contributed by atoms with Crippen LogP contribution in [0.1, 0.15) is 26.7 Å². The third-order valence-electron chi connectivity index (χ3n) is 4.92. The van der Waals surface area contributed by atoms with Gasteiger partial charge in [0, 0.05) is 30.2 Å². The molecular weight excluding hydrogens is 338 g/mol. The van der Waals surface area contributed by atoms with Gasteiger partial charge in [-0.25, -0.2) is 0 Å². The summed E-state index contributed by atoms with van der Waals surface area (Å²) in [5.41, 5.74) is 2.97. The summed E-state index contributed by atoms with van der Waals surface area (Å²) < 4.78 is 5.40. The van der Waals surface area contributed by atoms with Gasteiger partial charge in [-0.15, -0.1) is 0 Å². The average Bonchev–Trinajstić information content (AvgIpc) is 2.69. The fraction of sp³-hybridized carbons (Fsp3) is 0.409. The van der Waals surface area contributed by atoms with Crippen LogP contribution < -0.4 is 20.3 Å². The molecule has 2 aromatic rings. The highest BCUT2D eigenvalue weighted by Gasteiger charge is 2.15. The van der Waals surface area contributed by atoms with Crippen LogP contribution in [0.3, 0.4) is 0 Å². The summed E-state index contributed by atoms with van der Waals surface area (Å²) in [4.78, 5) is 14.6. The van der Waals surface area contributed by atoms with Gasteiger partial charge in [0.2, 0.25) is 5.91 Å². The normalized spacial score (nSPS) is 14.7. The lowest BCUT2D eigenvalue weighted by atomic mass is 9.99. The Morgan fingerprint density at radius 3 is 2.30 bits per heavy atom. The van der Waals surface area contributed by atoms with E-state index in [2.05, 4.69) is 34.6 Å². The fourth-order valence-electron chi connectivity index (χ4n) is 3.25. The van der Waals surface area contributed by atoms with E-state index in [1.165, 1.54) is 18.5 Å². The van der Waals surface area contributed by atoms with E-state index >= 15 is 0 Å². The second-order valence-corrected chi connectivity index (χ2v) is 7.08. The summed E-state index contributed by atoms with van der Waals surface area (Å²) in [6.45, 7) is 7.37. The van der Waals surface area contributed by atoms with Crippen LogP contribution in [0.5, 0.6) is 5.75 Å². The number of piperidine rings is 1. The summed E-state index contributed by atoms with van der Waals surface area (Å²) >= 11 is 0. The molecule has 1 heterocycles. The molecule has 0 saturated carbocycles. The van der Waals surface area contributed by atoms with Crippen molar-refractivity contribution in [1.29, 1.82) is 0 Å². The van der Waals surface area contributed by atoms with Crippen LogP contribution in [0.25, 0.3) is 0 Å². The van der Waals surface area contributed by atoms with Gasteiger partial charge >= 0.3 is 0 Å². The molecule has 1 amide bonds. The lowest BCUT2D eigenvalue weighted by Crippen LogP contribution is -2.32. The quantitative estimate of drug-likeness (QED) is 0.763. The maximum atomic E-state index is 12.1. The Balaban J connectivity index is 1.45. The summed E-state index contributed by atoms with van der Waals surface area (Å²) in [5, 5.41) is 6.06. The summed E-state index contributed by atoms with van der Waals surface area (Å²) in [5.74, 6) is 1.56. The Morgan fingerprint density at radius 1 is 1.04 bits per heavy atom. The number of nitrogens with one attached hydrogen (secondary N) is 2. The van der Waals surface area contributed by atoms with Crippen molar-refractivity contribution in [3.8, 4) is 5.75 Å². The van der Waals surface area contributed by atoms with Crippen molar-refractivity contribution in [1.82, 2.24) is 0 Å². The van der Waals surface area contributed by atoms with Crippen LogP contribution >= 0.6 is 0 Å². The largest absolute Gasteiger partial charge is 0.494 e. The third kappa shape index (κ3) is 5.64. The van der Waals surface area contributed by atoms with Crippen molar-refractivity contribution in [2.45, 2.75) is 26.7 Å². The van der Waals surface area contributed by atoms with Gasteiger partial charge in [0.05, 0.1) is 13.2 Å². The number of carbonyl (C=O) groups excluding carboxylic acids is 1. The second kappa shape index (κ2) is 9.31. The molecular formula is C22H29N3O2. The molecule has 27 heavy (non-hydrogen) atoms. The second-order valence-electron chi connectivity index (χ2n) is 7.08. The minimum absolute atomic E-state index is 0.0757. The van der Waals surface area contributed by atoms with E-state index in [0.717, 1.165) is 36.1 Å². The first-order valence-corrected chi connectivity index (χ1v) is 9.75. The maximum Gasteiger partial charge on any atom is 0.243 e. The number of carbonyl (C=O) groups is 1. The Bertz CT molecular complexity index is 720. The lowest BCUT2D eigenvalue weighted by molar-refractivity contribution is -0.114. The number of rotatable bonds is 7. The predicted molar refractivity (Wildman–Crippen MR) is 112 cm³/mol. The summed E-state index contributed by atoms with van der Waals surface area (Å²) in [6, 6.07) is 15.7. The smallest absolute Gasteiger partial charge is 0.243 e. The highest BCUT2D eigenvalue weighted by molar-refractivity contribution is 5.93. The average molecular weight is 367 g/mol. The molecule has 0 aliphatic carbocycles. The minimum atomic E-state index is -0.0757. The molecule has 0 atom stereocenters. The Morgan fingerprint density at radius 2 is 1.67 bits per heavy atom. The zero-order valence-corrected chi connectivity index (χ0v) is 16.2. The standard InChI is InChI=1S/C22H29N3O2/c1-3-27-21-10-6-19(7-11-21)24-22(26)16-23-18-4-8-20(9-5-18)25-14-12-17(2)13-15-25/h4-11,17,23H,3,12-16H2,1-2H3,(H,24,26). The van der Waals surface area contributed by atoms with Crippen molar-refractivity contribution < 1.29 is 9.53 Å². The first-order chi connectivity index (χ1) is 13.1. The molecule has 0 spiro atoms. The molecule has 2 aromatic carbocycles. The number of anilines is 3. The van der Waals surface area contributed by atoms with Gasteiger partial charge in [-0.1, -0.05) is 6.92 Å². The SMILES string of the molecule is CCOc1ccc(NC(=O)CNc2ccc(N3CCC(C)CC3)cc2)cc1. The van der Waals surface area contributed by atoms with Crippen LogP contribution in [-0.4, -0.2) is 32.1 Å². The van der Waals surface area contributed by atoms with Crippen molar-refractivity contribution in [3.05, 3.63) is 48.5 Å². The lowest BCUT2D eigenvalue weighted by Gasteiger charge is -2.32. The predicted octanol–water partition coefficient (Wildman–Crippen LogP) is 4.37. The minimum Gasteiger partial charge on any atom is -0.494 e. The van der Waals surface area contributed by atoms with Crippen LogP contribution in [0.15, 0.2) is 48.5 Å². The third-order valence-corrected chi connectivity index (χ3v) is 4.92. The van der Waals surface area contributed by atoms with E-state index in [1.807, 2.05) is 43.3 Å². The molecule has 5 heteroatoms. The molecule has 144 valence electrons. The zero-order valence-electron chi connectivity index (χ0n) is 16.2. The van der Waals surface area contributed by atoms with Gasteiger partial charge in [-0.2, -0.15) is 0 Å². The monoisotopic (exact) mass is 367 g/mol. The maximum absolute atomic E-state index is 12.1. The number of amides is 1. The van der Waals surface area contributed by atoms with Gasteiger partial charge in [-0.05, 0) is 74.2 Å². The van der Waals surface area contributed by atoms with E-state index < -0.39 is 0 Å². The Kier molecular flexibility index (Phi) is 6.58. The van der Waals surface area contributed by atoms with Crippen LogP contribution in [0.2, 0.25) is 0 Å². The van der Waals surface area contributed by atoms with E-state index in [9.17, 15) is 4.79 Å². The molecule has 1 aliphatic heterocycles. The highest BCUT2D eigenvalue weighted by Crippen LogP contribution is 2.24. The van der Waals surface area contributed by atoms with E-state index in [4.69, 9.17) is 4.74 Å². The van der Waals surface area contributed by atoms with Crippen LogP contribution in [0, 0.1) is 5.92 Å². The molecule has 1 saturated heterocycles. The molecule has 1 aliphatic rings. The fourth-order valence-corrected chi connectivity index (χ4v) is 3.25. The van der Waals surface area contributed by atoms with Gasteiger partial charge in [-0.3, -0.25) is 4.79 Å². The van der Waals surface area contributed by atoms with Gasteiger partial charge in [0.15, 0.2) is 0 Å². The first kappa shape index (κ1) is 19.1. The molecule has 0 aromatic heterocycles. The van der Waals surface area contributed by atoms with Gasteiger partial charge in [0.1, 0.15) is 5.75 Å². The van der Waals surface area contributed by atoms with E-state index in [-0.39, 0.29) is 12.5 Å². The van der Waals surface area contributed by atoms with Gasteiger partial charge in [0.25, 0.3) is 0 Å². The van der Waals surface area contributed by atoms with Crippen molar-refractivity contribution in [3.63, 3.8) is 0 Å². The topological polar surface area (TPSA) is 53.6 Å². The number of benzene rings is 2. The molecule has 3 rings (SSSR count). The molecule has 0 unspecified atom stereocenters.